The largest absolute Gasteiger partial charge is 0.352 e. The van der Waals surface area contributed by atoms with Gasteiger partial charge in [0.05, 0.1) is 5.69 Å². The van der Waals surface area contributed by atoms with E-state index in [9.17, 15) is 4.79 Å². The van der Waals surface area contributed by atoms with E-state index >= 15 is 0 Å². The first-order valence-corrected chi connectivity index (χ1v) is 6.27. The number of carbonyl (C=O) groups excluding carboxylic acids is 1. The van der Waals surface area contributed by atoms with Crippen molar-refractivity contribution in [2.75, 3.05) is 0 Å². The molecule has 0 amide bonds. The van der Waals surface area contributed by atoms with Crippen LogP contribution >= 0.6 is 0 Å². The Morgan fingerprint density at radius 1 is 1.21 bits per heavy atom. The molecule has 2 aromatic rings. The monoisotopic (exact) mass is 254 g/mol. The van der Waals surface area contributed by atoms with Crippen molar-refractivity contribution in [2.45, 2.75) is 20.8 Å². The van der Waals surface area contributed by atoms with Crippen molar-refractivity contribution in [2.24, 2.45) is 12.0 Å². The average molecular weight is 254 g/mol. The molecule has 2 rings (SSSR count). The molecule has 0 fully saturated rings. The van der Waals surface area contributed by atoms with E-state index in [1.54, 1.807) is 19.1 Å². The van der Waals surface area contributed by atoms with E-state index in [2.05, 4.69) is 29.5 Å². The van der Waals surface area contributed by atoms with Crippen LogP contribution in [0.5, 0.6) is 0 Å². The molecular formula is C16H18N2O. The second-order valence-corrected chi connectivity index (χ2v) is 4.75. The number of carbonyl (C=O) groups is 1. The Balaban J connectivity index is 2.22. The van der Waals surface area contributed by atoms with E-state index in [-0.39, 0.29) is 5.78 Å². The predicted octanol–water partition coefficient (Wildman–Crippen LogP) is 3.60. The number of aromatic nitrogens is 1. The van der Waals surface area contributed by atoms with E-state index in [0.717, 1.165) is 11.3 Å². The van der Waals surface area contributed by atoms with Gasteiger partial charge in [-0.25, -0.2) is 0 Å². The highest BCUT2D eigenvalue weighted by molar-refractivity contribution is 5.94. The minimum atomic E-state index is 0.0741. The fourth-order valence-corrected chi connectivity index (χ4v) is 1.94. The van der Waals surface area contributed by atoms with Gasteiger partial charge in [-0.2, -0.15) is 0 Å². The lowest BCUT2D eigenvalue weighted by Crippen LogP contribution is -1.93. The van der Waals surface area contributed by atoms with E-state index in [0.29, 0.717) is 5.56 Å². The minimum absolute atomic E-state index is 0.0741. The van der Waals surface area contributed by atoms with Gasteiger partial charge in [-0.3, -0.25) is 9.79 Å². The van der Waals surface area contributed by atoms with Gasteiger partial charge in [0.15, 0.2) is 5.78 Å². The van der Waals surface area contributed by atoms with Crippen LogP contribution in [-0.4, -0.2) is 16.6 Å². The third-order valence-corrected chi connectivity index (χ3v) is 3.44. The lowest BCUT2D eigenvalue weighted by molar-refractivity contribution is 0.101. The second-order valence-electron chi connectivity index (χ2n) is 4.75. The van der Waals surface area contributed by atoms with Crippen molar-refractivity contribution >= 4 is 17.7 Å². The summed E-state index contributed by atoms with van der Waals surface area (Å²) in [6, 6.07) is 9.44. The van der Waals surface area contributed by atoms with Gasteiger partial charge >= 0.3 is 0 Å². The maximum Gasteiger partial charge on any atom is 0.159 e. The summed E-state index contributed by atoms with van der Waals surface area (Å²) < 4.78 is 2.14. The lowest BCUT2D eigenvalue weighted by Gasteiger charge is -1.99. The van der Waals surface area contributed by atoms with Crippen LogP contribution in [0.3, 0.4) is 0 Å². The Hall–Kier alpha value is -2.16. The van der Waals surface area contributed by atoms with Crippen LogP contribution in [0.15, 0.2) is 35.3 Å². The number of Topliss-reactive ketones (excluding diaryl/α,β-unsaturated/α-hetero) is 1. The van der Waals surface area contributed by atoms with E-state index < -0.39 is 0 Å². The molecule has 0 saturated heterocycles. The fraction of sp³-hybridized carbons (Fsp3) is 0.250. The molecule has 3 nitrogen and oxygen atoms in total. The molecule has 0 aliphatic carbocycles. The maximum absolute atomic E-state index is 11.2. The van der Waals surface area contributed by atoms with E-state index in [4.69, 9.17) is 0 Å². The quantitative estimate of drug-likeness (QED) is 0.608. The molecule has 0 unspecified atom stereocenters. The number of benzene rings is 1. The van der Waals surface area contributed by atoms with Crippen LogP contribution in [0.25, 0.3) is 0 Å². The number of nitrogens with zero attached hydrogens (tertiary/aromatic N) is 2. The normalized spacial score (nSPS) is 11.2. The Labute approximate surface area is 113 Å². The molecule has 0 saturated carbocycles. The first-order chi connectivity index (χ1) is 8.99. The first kappa shape index (κ1) is 13.3. The number of hydrogen-bond donors (Lipinski definition) is 0. The van der Waals surface area contributed by atoms with Crippen LogP contribution in [-0.2, 0) is 7.05 Å². The summed E-state index contributed by atoms with van der Waals surface area (Å²) in [7, 11) is 2.05. The molecule has 3 heteroatoms. The van der Waals surface area contributed by atoms with Crippen molar-refractivity contribution in [3.63, 3.8) is 0 Å². The summed E-state index contributed by atoms with van der Waals surface area (Å²) in [4.78, 5) is 15.6. The van der Waals surface area contributed by atoms with Gasteiger partial charge in [0.2, 0.25) is 0 Å². The number of aryl methyl sites for hydroxylation is 1. The van der Waals surface area contributed by atoms with Crippen LogP contribution < -0.4 is 0 Å². The number of ketones is 1. The smallest absolute Gasteiger partial charge is 0.159 e. The molecule has 0 N–H and O–H groups in total. The van der Waals surface area contributed by atoms with Crippen LogP contribution in [0.4, 0.5) is 5.69 Å². The second kappa shape index (κ2) is 5.22. The topological polar surface area (TPSA) is 34.4 Å². The molecule has 0 aliphatic rings. The molecule has 1 heterocycles. The molecule has 0 spiro atoms. The zero-order valence-corrected chi connectivity index (χ0v) is 11.8. The van der Waals surface area contributed by atoms with Gasteiger partial charge in [-0.15, -0.1) is 0 Å². The Kier molecular flexibility index (Phi) is 3.65. The molecule has 19 heavy (non-hydrogen) atoms. The molecule has 1 aromatic carbocycles. The average Bonchev–Trinajstić information content (AvgIpc) is 2.64. The molecule has 1 aromatic heterocycles. The highest BCUT2D eigenvalue weighted by Gasteiger charge is 2.03. The summed E-state index contributed by atoms with van der Waals surface area (Å²) in [6.07, 6.45) is 1.87. The van der Waals surface area contributed by atoms with E-state index in [1.165, 1.54) is 11.4 Å². The molecule has 98 valence electrons. The van der Waals surface area contributed by atoms with Crippen molar-refractivity contribution in [1.82, 2.24) is 4.57 Å². The summed E-state index contributed by atoms with van der Waals surface area (Å²) in [5, 5.41) is 0. The minimum Gasteiger partial charge on any atom is -0.352 e. The van der Waals surface area contributed by atoms with Gasteiger partial charge in [0.25, 0.3) is 0 Å². The van der Waals surface area contributed by atoms with Crippen LogP contribution in [0.2, 0.25) is 0 Å². The highest BCUT2D eigenvalue weighted by atomic mass is 16.1. The Bertz CT molecular complexity index is 634. The van der Waals surface area contributed by atoms with Gasteiger partial charge in [0.1, 0.15) is 0 Å². The first-order valence-electron chi connectivity index (χ1n) is 6.27. The number of hydrogen-bond acceptors (Lipinski definition) is 2. The van der Waals surface area contributed by atoms with Crippen LogP contribution in [0.1, 0.15) is 34.2 Å². The zero-order valence-electron chi connectivity index (χ0n) is 11.8. The fourth-order valence-electron chi connectivity index (χ4n) is 1.94. The number of rotatable bonds is 3. The highest BCUT2D eigenvalue weighted by Crippen LogP contribution is 2.16. The Morgan fingerprint density at radius 3 is 2.32 bits per heavy atom. The molecule has 0 bridgehead atoms. The summed E-state index contributed by atoms with van der Waals surface area (Å²) in [6.45, 7) is 5.72. The molecule has 0 radical (unpaired) electrons. The number of aliphatic imine (C=N–C) groups is 1. The van der Waals surface area contributed by atoms with Gasteiger partial charge in [-0.05, 0) is 51.1 Å². The third kappa shape index (κ3) is 2.81. The molecule has 0 aliphatic heterocycles. The molecule has 0 atom stereocenters. The van der Waals surface area contributed by atoms with Gasteiger partial charge in [0, 0.05) is 35.8 Å². The standard InChI is InChI=1S/C16H18N2O/c1-11-9-15(12(2)18(11)4)10-17-16-7-5-14(6-8-16)13(3)19/h5-10H,1-4H3. The van der Waals surface area contributed by atoms with Crippen LogP contribution in [0, 0.1) is 13.8 Å². The summed E-state index contributed by atoms with van der Waals surface area (Å²) in [5.41, 5.74) is 5.10. The lowest BCUT2D eigenvalue weighted by atomic mass is 10.1. The van der Waals surface area contributed by atoms with Crippen molar-refractivity contribution < 1.29 is 4.79 Å². The third-order valence-electron chi connectivity index (χ3n) is 3.44. The maximum atomic E-state index is 11.2. The van der Waals surface area contributed by atoms with Crippen molar-refractivity contribution in [1.29, 1.82) is 0 Å². The van der Waals surface area contributed by atoms with Gasteiger partial charge in [-0.1, -0.05) is 0 Å². The molecular weight excluding hydrogens is 236 g/mol. The van der Waals surface area contributed by atoms with Crippen molar-refractivity contribution in [3.8, 4) is 0 Å². The predicted molar refractivity (Wildman–Crippen MR) is 78.6 cm³/mol. The van der Waals surface area contributed by atoms with E-state index in [1.807, 2.05) is 25.4 Å². The summed E-state index contributed by atoms with van der Waals surface area (Å²) >= 11 is 0. The van der Waals surface area contributed by atoms with Crippen molar-refractivity contribution in [3.05, 3.63) is 52.8 Å². The Morgan fingerprint density at radius 2 is 1.84 bits per heavy atom. The zero-order chi connectivity index (χ0) is 14.0. The summed E-state index contributed by atoms with van der Waals surface area (Å²) in [5.74, 6) is 0.0741. The van der Waals surface area contributed by atoms with Gasteiger partial charge < -0.3 is 4.57 Å². The SMILES string of the molecule is CC(=O)c1ccc(N=Cc2cc(C)n(C)c2C)cc1.